The van der Waals surface area contributed by atoms with Crippen molar-refractivity contribution in [3.05, 3.63) is 62.5 Å². The Morgan fingerprint density at radius 2 is 2.04 bits per heavy atom. The average Bonchev–Trinajstić information content (AvgIpc) is 2.88. The lowest BCUT2D eigenvalue weighted by Gasteiger charge is -2.15. The number of hydrogen-bond acceptors (Lipinski definition) is 5. The van der Waals surface area contributed by atoms with E-state index >= 15 is 0 Å². The van der Waals surface area contributed by atoms with E-state index < -0.39 is 0 Å². The van der Waals surface area contributed by atoms with E-state index in [4.69, 9.17) is 21.7 Å². The molecule has 1 fully saturated rings. The molecule has 0 N–H and O–H groups in total. The minimum atomic E-state index is -0.0937. The largest absolute Gasteiger partial charge is 0.490 e. The molecule has 1 heterocycles. The number of hydrogen-bond donors (Lipinski definition) is 0. The van der Waals surface area contributed by atoms with Gasteiger partial charge >= 0.3 is 0 Å². The summed E-state index contributed by atoms with van der Waals surface area (Å²) in [6.45, 7) is 4.92. The van der Waals surface area contributed by atoms with Gasteiger partial charge < -0.3 is 9.47 Å². The number of benzene rings is 2. The van der Waals surface area contributed by atoms with Gasteiger partial charge in [-0.1, -0.05) is 53.8 Å². The molecule has 0 aromatic heterocycles. The summed E-state index contributed by atoms with van der Waals surface area (Å²) in [6, 6.07) is 12.0. The van der Waals surface area contributed by atoms with Crippen LogP contribution in [0.4, 0.5) is 0 Å². The van der Waals surface area contributed by atoms with Crippen LogP contribution in [0.5, 0.6) is 11.5 Å². The first-order valence-corrected chi connectivity index (χ1v) is 10.8. The average molecular weight is 478 g/mol. The zero-order valence-corrected chi connectivity index (χ0v) is 19.0. The lowest BCUT2D eigenvalue weighted by molar-refractivity contribution is -0.121. The van der Waals surface area contributed by atoms with Crippen LogP contribution in [-0.4, -0.2) is 28.8 Å². The summed E-state index contributed by atoms with van der Waals surface area (Å²) in [5.74, 6) is 1.18. The molecule has 0 atom stereocenters. The first-order valence-electron chi connectivity index (χ1n) is 8.75. The summed E-state index contributed by atoms with van der Waals surface area (Å²) >= 11 is 10.1. The number of carbonyl (C=O) groups is 1. The Bertz CT molecular complexity index is 959. The van der Waals surface area contributed by atoms with E-state index in [1.54, 1.807) is 7.05 Å². The highest BCUT2D eigenvalue weighted by molar-refractivity contribution is 9.10. The molecule has 0 saturated carbocycles. The van der Waals surface area contributed by atoms with Crippen molar-refractivity contribution in [1.29, 1.82) is 0 Å². The topological polar surface area (TPSA) is 38.8 Å². The smallest absolute Gasteiger partial charge is 0.265 e. The van der Waals surface area contributed by atoms with Gasteiger partial charge in [0.1, 0.15) is 10.9 Å². The predicted octanol–water partition coefficient (Wildman–Crippen LogP) is 5.57. The lowest BCUT2D eigenvalue weighted by atomic mass is 10.1. The second-order valence-electron chi connectivity index (χ2n) is 6.28. The number of carbonyl (C=O) groups excluding carboxylic acids is 1. The van der Waals surface area contributed by atoms with Crippen LogP contribution in [0.25, 0.3) is 6.08 Å². The minimum absolute atomic E-state index is 0.0937. The lowest BCUT2D eigenvalue weighted by Crippen LogP contribution is -2.22. The Morgan fingerprint density at radius 1 is 1.25 bits per heavy atom. The summed E-state index contributed by atoms with van der Waals surface area (Å²) in [5.41, 5.74) is 3.12. The fraction of sp³-hybridized carbons (Fsp3) is 0.238. The molecule has 0 aliphatic carbocycles. The van der Waals surface area contributed by atoms with Crippen molar-refractivity contribution in [2.24, 2.45) is 0 Å². The van der Waals surface area contributed by atoms with Gasteiger partial charge in [0.15, 0.2) is 11.5 Å². The van der Waals surface area contributed by atoms with Crippen molar-refractivity contribution in [3.8, 4) is 11.5 Å². The Hall–Kier alpha value is -1.83. The van der Waals surface area contributed by atoms with Crippen LogP contribution in [0.3, 0.4) is 0 Å². The third kappa shape index (κ3) is 4.77. The number of rotatable bonds is 6. The Morgan fingerprint density at radius 3 is 2.68 bits per heavy atom. The molecule has 4 nitrogen and oxygen atoms in total. The van der Waals surface area contributed by atoms with Crippen molar-refractivity contribution < 1.29 is 14.3 Å². The van der Waals surface area contributed by atoms with Crippen LogP contribution in [0, 0.1) is 6.92 Å². The highest BCUT2D eigenvalue weighted by Gasteiger charge is 2.28. The molecule has 2 aromatic rings. The number of nitrogens with zero attached hydrogens (tertiary/aromatic N) is 1. The summed E-state index contributed by atoms with van der Waals surface area (Å²) in [7, 11) is 1.68. The molecule has 1 amide bonds. The molecule has 0 bridgehead atoms. The molecule has 146 valence electrons. The number of thiocarbonyl (C=S) groups is 1. The molecule has 28 heavy (non-hydrogen) atoms. The zero-order valence-electron chi connectivity index (χ0n) is 15.8. The third-order valence-electron chi connectivity index (χ3n) is 4.08. The van der Waals surface area contributed by atoms with E-state index in [2.05, 4.69) is 35.0 Å². The SMILES string of the molecule is CCOc1cc(C=C2SC(=S)N(C)C2=O)cc(Br)c1OCc1cccc(C)c1. The van der Waals surface area contributed by atoms with Crippen molar-refractivity contribution in [2.75, 3.05) is 13.7 Å². The van der Waals surface area contributed by atoms with Crippen molar-refractivity contribution >= 4 is 56.2 Å². The highest BCUT2D eigenvalue weighted by Crippen LogP contribution is 2.39. The van der Waals surface area contributed by atoms with Gasteiger partial charge in [0.25, 0.3) is 5.91 Å². The van der Waals surface area contributed by atoms with Gasteiger partial charge in [-0.2, -0.15) is 0 Å². The summed E-state index contributed by atoms with van der Waals surface area (Å²) in [6.07, 6.45) is 1.82. The van der Waals surface area contributed by atoms with Crippen LogP contribution in [0.15, 0.2) is 45.8 Å². The standard InChI is InChI=1S/C21H20BrNO3S2/c1-4-25-17-10-15(11-18-20(24)23(3)21(27)28-18)9-16(22)19(17)26-12-14-7-5-6-13(2)8-14/h5-11H,4,12H2,1-3H3. The fourth-order valence-corrected chi connectivity index (χ4v) is 4.48. The van der Waals surface area contributed by atoms with Crippen LogP contribution >= 0.6 is 39.9 Å². The Labute approximate surface area is 183 Å². The van der Waals surface area contributed by atoms with E-state index in [1.165, 1.54) is 22.2 Å². The molecule has 1 saturated heterocycles. The molecule has 0 unspecified atom stereocenters. The number of amides is 1. The summed E-state index contributed by atoms with van der Waals surface area (Å²) < 4.78 is 13.2. The molecule has 7 heteroatoms. The summed E-state index contributed by atoms with van der Waals surface area (Å²) in [5, 5.41) is 0. The van der Waals surface area contributed by atoms with Crippen LogP contribution in [0.2, 0.25) is 0 Å². The number of halogens is 1. The van der Waals surface area contributed by atoms with Crippen molar-refractivity contribution in [2.45, 2.75) is 20.5 Å². The van der Waals surface area contributed by atoms with E-state index in [0.29, 0.717) is 33.9 Å². The molecule has 1 aliphatic heterocycles. The highest BCUT2D eigenvalue weighted by atomic mass is 79.9. The minimum Gasteiger partial charge on any atom is -0.490 e. The van der Waals surface area contributed by atoms with Crippen molar-refractivity contribution in [1.82, 2.24) is 4.90 Å². The van der Waals surface area contributed by atoms with E-state index in [0.717, 1.165) is 15.6 Å². The predicted molar refractivity (Wildman–Crippen MR) is 122 cm³/mol. The van der Waals surface area contributed by atoms with Gasteiger partial charge in [0.05, 0.1) is 16.0 Å². The Kier molecular flexibility index (Phi) is 6.80. The monoisotopic (exact) mass is 477 g/mol. The molecule has 2 aromatic carbocycles. The molecule has 0 radical (unpaired) electrons. The van der Waals surface area contributed by atoms with Gasteiger partial charge in [-0.3, -0.25) is 9.69 Å². The van der Waals surface area contributed by atoms with Gasteiger partial charge in [-0.15, -0.1) is 0 Å². The summed E-state index contributed by atoms with van der Waals surface area (Å²) in [4.78, 5) is 14.3. The maximum absolute atomic E-state index is 12.3. The number of likely N-dealkylation sites (N-methyl/N-ethyl adjacent to an activating group) is 1. The molecule has 0 spiro atoms. The first-order chi connectivity index (χ1) is 13.4. The van der Waals surface area contributed by atoms with E-state index in [1.807, 2.05) is 37.3 Å². The normalized spacial score (nSPS) is 15.4. The maximum atomic E-state index is 12.3. The molecular weight excluding hydrogens is 458 g/mol. The molecule has 3 rings (SSSR count). The quantitative estimate of drug-likeness (QED) is 0.401. The fourth-order valence-electron chi connectivity index (χ4n) is 2.73. The number of thioether (sulfide) groups is 1. The van der Waals surface area contributed by atoms with Crippen molar-refractivity contribution in [3.63, 3.8) is 0 Å². The van der Waals surface area contributed by atoms with Gasteiger partial charge in [0, 0.05) is 7.05 Å². The molecular formula is C21H20BrNO3S2. The zero-order chi connectivity index (χ0) is 20.3. The maximum Gasteiger partial charge on any atom is 0.265 e. The van der Waals surface area contributed by atoms with E-state index in [9.17, 15) is 4.79 Å². The van der Waals surface area contributed by atoms with Crippen LogP contribution in [-0.2, 0) is 11.4 Å². The first kappa shape index (κ1) is 20.9. The van der Waals surface area contributed by atoms with Gasteiger partial charge in [-0.25, -0.2) is 0 Å². The second-order valence-corrected chi connectivity index (χ2v) is 8.81. The number of ether oxygens (including phenoxy) is 2. The van der Waals surface area contributed by atoms with Crippen LogP contribution in [0.1, 0.15) is 23.6 Å². The third-order valence-corrected chi connectivity index (χ3v) is 6.16. The number of aryl methyl sites for hydroxylation is 1. The van der Waals surface area contributed by atoms with Crippen LogP contribution < -0.4 is 9.47 Å². The van der Waals surface area contributed by atoms with E-state index in [-0.39, 0.29) is 5.91 Å². The van der Waals surface area contributed by atoms with Gasteiger partial charge in [-0.05, 0) is 59.1 Å². The molecule has 1 aliphatic rings. The Balaban J connectivity index is 1.88. The van der Waals surface area contributed by atoms with Gasteiger partial charge in [0.2, 0.25) is 0 Å². The second kappa shape index (κ2) is 9.11.